The number of carbonyl (C=O) groups excluding carboxylic acids is 2. The molecule has 1 aromatic carbocycles. The maximum atomic E-state index is 12.2. The normalized spacial score (nSPS) is 20.3. The molecule has 0 heterocycles. The van der Waals surface area contributed by atoms with E-state index in [-0.39, 0.29) is 36.2 Å². The SMILES string of the molecule is CCOC(=O)C1CCC(NC(=O)c2ccc(CN)cc2)CC1.Cl. The van der Waals surface area contributed by atoms with Crippen molar-refractivity contribution < 1.29 is 14.3 Å². The third-order valence-corrected chi connectivity index (χ3v) is 4.13. The smallest absolute Gasteiger partial charge is 0.308 e. The number of rotatable bonds is 5. The number of nitrogens with two attached hydrogens (primary N) is 1. The third-order valence-electron chi connectivity index (χ3n) is 4.13. The Hall–Kier alpha value is -1.59. The Bertz CT molecular complexity index is 511. The van der Waals surface area contributed by atoms with Crippen LogP contribution in [0.25, 0.3) is 0 Å². The summed E-state index contributed by atoms with van der Waals surface area (Å²) in [5, 5.41) is 3.04. The Labute approximate surface area is 143 Å². The molecule has 0 bridgehead atoms. The second-order valence-electron chi connectivity index (χ2n) is 5.68. The molecule has 3 N–H and O–H groups in total. The molecule has 6 heteroatoms. The van der Waals surface area contributed by atoms with Gasteiger partial charge in [-0.15, -0.1) is 12.4 Å². The Morgan fingerprint density at radius 3 is 2.30 bits per heavy atom. The Morgan fingerprint density at radius 1 is 1.17 bits per heavy atom. The van der Waals surface area contributed by atoms with E-state index in [1.54, 1.807) is 12.1 Å². The topological polar surface area (TPSA) is 81.4 Å². The van der Waals surface area contributed by atoms with Gasteiger partial charge in [0, 0.05) is 18.2 Å². The fourth-order valence-corrected chi connectivity index (χ4v) is 2.79. The van der Waals surface area contributed by atoms with Gasteiger partial charge in [-0.25, -0.2) is 0 Å². The van der Waals surface area contributed by atoms with Crippen molar-refractivity contribution in [2.45, 2.75) is 45.2 Å². The maximum Gasteiger partial charge on any atom is 0.308 e. The van der Waals surface area contributed by atoms with E-state index in [4.69, 9.17) is 10.5 Å². The molecular weight excluding hydrogens is 316 g/mol. The van der Waals surface area contributed by atoms with Gasteiger partial charge in [0.15, 0.2) is 0 Å². The van der Waals surface area contributed by atoms with Crippen molar-refractivity contribution >= 4 is 24.3 Å². The largest absolute Gasteiger partial charge is 0.466 e. The van der Waals surface area contributed by atoms with Crippen molar-refractivity contribution in [3.63, 3.8) is 0 Å². The van der Waals surface area contributed by atoms with Crippen molar-refractivity contribution in [1.29, 1.82) is 0 Å². The lowest BCUT2D eigenvalue weighted by Crippen LogP contribution is -2.39. The highest BCUT2D eigenvalue weighted by molar-refractivity contribution is 5.94. The Kier molecular flexibility index (Phi) is 8.06. The molecule has 128 valence electrons. The van der Waals surface area contributed by atoms with Crippen LogP contribution >= 0.6 is 12.4 Å². The first-order chi connectivity index (χ1) is 10.6. The van der Waals surface area contributed by atoms with Gasteiger partial charge in [-0.05, 0) is 50.3 Å². The molecule has 5 nitrogen and oxygen atoms in total. The molecule has 0 radical (unpaired) electrons. The molecule has 0 aliphatic heterocycles. The summed E-state index contributed by atoms with van der Waals surface area (Å²) in [7, 11) is 0. The van der Waals surface area contributed by atoms with Crippen LogP contribution in [0.5, 0.6) is 0 Å². The fraction of sp³-hybridized carbons (Fsp3) is 0.529. The van der Waals surface area contributed by atoms with Gasteiger partial charge in [0.25, 0.3) is 5.91 Å². The standard InChI is InChI=1S/C17H24N2O3.ClH/c1-2-22-17(21)14-7-9-15(10-8-14)19-16(20)13-5-3-12(11-18)4-6-13;/h3-6,14-15H,2,7-11,18H2,1H3,(H,19,20);1H. The van der Waals surface area contributed by atoms with E-state index < -0.39 is 0 Å². The van der Waals surface area contributed by atoms with Crippen LogP contribution in [-0.2, 0) is 16.1 Å². The van der Waals surface area contributed by atoms with Gasteiger partial charge in [0.05, 0.1) is 12.5 Å². The second kappa shape index (κ2) is 9.53. The van der Waals surface area contributed by atoms with E-state index in [2.05, 4.69) is 5.32 Å². The average Bonchev–Trinajstić information content (AvgIpc) is 2.55. The second-order valence-corrected chi connectivity index (χ2v) is 5.68. The van der Waals surface area contributed by atoms with Gasteiger partial charge in [-0.2, -0.15) is 0 Å². The zero-order valence-electron chi connectivity index (χ0n) is 13.4. The predicted molar refractivity (Wildman–Crippen MR) is 91.4 cm³/mol. The predicted octanol–water partition coefficient (Wildman–Crippen LogP) is 2.42. The number of hydrogen-bond acceptors (Lipinski definition) is 4. The minimum Gasteiger partial charge on any atom is -0.466 e. The van der Waals surface area contributed by atoms with E-state index in [1.165, 1.54) is 0 Å². The number of carbonyl (C=O) groups is 2. The number of halogens is 1. The van der Waals surface area contributed by atoms with Crippen LogP contribution in [0.2, 0.25) is 0 Å². The highest BCUT2D eigenvalue weighted by Crippen LogP contribution is 2.25. The summed E-state index contributed by atoms with van der Waals surface area (Å²) in [6.07, 6.45) is 3.18. The van der Waals surface area contributed by atoms with Crippen molar-refractivity contribution in [2.75, 3.05) is 6.61 Å². The van der Waals surface area contributed by atoms with Gasteiger partial charge in [0.1, 0.15) is 0 Å². The zero-order valence-corrected chi connectivity index (χ0v) is 14.2. The lowest BCUT2D eigenvalue weighted by Gasteiger charge is -2.27. The Balaban J connectivity index is 0.00000264. The van der Waals surface area contributed by atoms with Crippen LogP contribution in [0.3, 0.4) is 0 Å². The molecule has 1 aromatic rings. The summed E-state index contributed by atoms with van der Waals surface area (Å²) in [4.78, 5) is 23.9. The van der Waals surface area contributed by atoms with Gasteiger partial charge < -0.3 is 15.8 Å². The molecule has 0 atom stereocenters. The summed E-state index contributed by atoms with van der Waals surface area (Å²) in [6.45, 7) is 2.72. The molecule has 0 spiro atoms. The van der Waals surface area contributed by atoms with Gasteiger partial charge in [-0.1, -0.05) is 12.1 Å². The third kappa shape index (κ3) is 5.52. The van der Waals surface area contributed by atoms with E-state index in [1.807, 2.05) is 19.1 Å². The maximum absolute atomic E-state index is 12.2. The molecule has 0 aromatic heterocycles. The number of amides is 1. The molecule has 2 rings (SSSR count). The minimum absolute atomic E-state index is 0. The van der Waals surface area contributed by atoms with Crippen LogP contribution in [0.1, 0.15) is 48.5 Å². The van der Waals surface area contributed by atoms with Crippen molar-refractivity contribution in [1.82, 2.24) is 5.32 Å². The number of benzene rings is 1. The van der Waals surface area contributed by atoms with Gasteiger partial charge in [0.2, 0.25) is 0 Å². The van der Waals surface area contributed by atoms with E-state index in [0.29, 0.717) is 18.7 Å². The molecular formula is C17H25ClN2O3. The quantitative estimate of drug-likeness (QED) is 0.806. The first-order valence-electron chi connectivity index (χ1n) is 7.90. The average molecular weight is 341 g/mol. The lowest BCUT2D eigenvalue weighted by atomic mass is 9.86. The first kappa shape index (κ1) is 19.5. The highest BCUT2D eigenvalue weighted by Gasteiger charge is 2.28. The Morgan fingerprint density at radius 2 is 1.78 bits per heavy atom. The summed E-state index contributed by atoms with van der Waals surface area (Å²) < 4.78 is 5.05. The van der Waals surface area contributed by atoms with Crippen LogP contribution in [0, 0.1) is 5.92 Å². The summed E-state index contributed by atoms with van der Waals surface area (Å²) >= 11 is 0. The summed E-state index contributed by atoms with van der Waals surface area (Å²) in [5.41, 5.74) is 7.20. The van der Waals surface area contributed by atoms with Crippen molar-refractivity contribution in [3.8, 4) is 0 Å². The number of ether oxygens (including phenoxy) is 1. The van der Waals surface area contributed by atoms with Gasteiger partial charge >= 0.3 is 5.97 Å². The number of hydrogen-bond donors (Lipinski definition) is 2. The number of nitrogens with one attached hydrogen (secondary N) is 1. The first-order valence-corrected chi connectivity index (χ1v) is 7.90. The molecule has 1 aliphatic carbocycles. The monoisotopic (exact) mass is 340 g/mol. The summed E-state index contributed by atoms with van der Waals surface area (Å²) in [5.74, 6) is -0.190. The van der Waals surface area contributed by atoms with Crippen LogP contribution in [0.4, 0.5) is 0 Å². The van der Waals surface area contributed by atoms with E-state index >= 15 is 0 Å². The molecule has 23 heavy (non-hydrogen) atoms. The minimum atomic E-state index is -0.107. The van der Waals surface area contributed by atoms with Crippen LogP contribution in [0.15, 0.2) is 24.3 Å². The molecule has 1 amide bonds. The lowest BCUT2D eigenvalue weighted by molar-refractivity contribution is -0.149. The van der Waals surface area contributed by atoms with Gasteiger partial charge in [-0.3, -0.25) is 9.59 Å². The zero-order chi connectivity index (χ0) is 15.9. The molecule has 1 fully saturated rings. The van der Waals surface area contributed by atoms with E-state index in [9.17, 15) is 9.59 Å². The number of esters is 1. The van der Waals surface area contributed by atoms with Crippen molar-refractivity contribution in [3.05, 3.63) is 35.4 Å². The fourth-order valence-electron chi connectivity index (χ4n) is 2.79. The molecule has 0 saturated heterocycles. The van der Waals surface area contributed by atoms with Crippen LogP contribution < -0.4 is 11.1 Å². The molecule has 1 aliphatic rings. The van der Waals surface area contributed by atoms with E-state index in [0.717, 1.165) is 31.2 Å². The molecule has 1 saturated carbocycles. The highest BCUT2D eigenvalue weighted by atomic mass is 35.5. The molecule has 0 unspecified atom stereocenters. The van der Waals surface area contributed by atoms with Crippen LogP contribution in [-0.4, -0.2) is 24.5 Å². The van der Waals surface area contributed by atoms with Crippen molar-refractivity contribution in [2.24, 2.45) is 11.7 Å². The summed E-state index contributed by atoms with van der Waals surface area (Å²) in [6, 6.07) is 7.45.